The number of carboxylic acids is 1. The van der Waals surface area contributed by atoms with Gasteiger partial charge in [-0.25, -0.2) is 4.98 Å². The van der Waals surface area contributed by atoms with Gasteiger partial charge in [-0.05, 0) is 30.7 Å². The van der Waals surface area contributed by atoms with E-state index in [-0.39, 0.29) is 0 Å². The minimum Gasteiger partial charge on any atom is -0.481 e. The lowest BCUT2D eigenvalue weighted by Crippen LogP contribution is -2.17. The Hall–Kier alpha value is -1.40. The number of hydrogen-bond acceptors (Lipinski definition) is 5. The number of aliphatic carboxylic acids is 1. The average Bonchev–Trinajstić information content (AvgIpc) is 3.04. The number of thiazole rings is 1. The van der Waals surface area contributed by atoms with Crippen molar-refractivity contribution in [3.8, 4) is 0 Å². The van der Waals surface area contributed by atoms with Gasteiger partial charge in [-0.2, -0.15) is 0 Å². The molecule has 1 aliphatic carbocycles. The number of rotatable bonds is 4. The van der Waals surface area contributed by atoms with Gasteiger partial charge in [0.1, 0.15) is 5.92 Å². The standard InChI is InChI=1S/C13H14N2O2S2/c16-12(17)9-4-1-5-10-11(9)15-13(19-10)14-7-8-3-2-6-18-8/h2-3,6,9H,1,4-5,7H2,(H,14,15)(H,16,17). The van der Waals surface area contributed by atoms with Crippen molar-refractivity contribution in [3.05, 3.63) is 33.0 Å². The topological polar surface area (TPSA) is 62.2 Å². The fraction of sp³-hybridized carbons (Fsp3) is 0.385. The molecular weight excluding hydrogens is 280 g/mol. The molecule has 3 rings (SSSR count). The van der Waals surface area contributed by atoms with Crippen LogP contribution in [0.1, 0.15) is 34.2 Å². The SMILES string of the molecule is O=C(O)C1CCCc2sc(NCc3cccs3)nc21. The summed E-state index contributed by atoms with van der Waals surface area (Å²) in [6.45, 7) is 0.752. The van der Waals surface area contributed by atoms with Crippen LogP contribution < -0.4 is 5.32 Å². The number of aryl methyl sites for hydroxylation is 1. The Morgan fingerprint density at radius 3 is 3.21 bits per heavy atom. The summed E-state index contributed by atoms with van der Waals surface area (Å²) in [5, 5.41) is 15.4. The highest BCUT2D eigenvalue weighted by molar-refractivity contribution is 7.15. The fourth-order valence-corrected chi connectivity index (χ4v) is 4.02. The van der Waals surface area contributed by atoms with Crippen LogP contribution in [0.5, 0.6) is 0 Å². The quantitative estimate of drug-likeness (QED) is 0.908. The zero-order valence-corrected chi connectivity index (χ0v) is 11.9. The van der Waals surface area contributed by atoms with Gasteiger partial charge < -0.3 is 10.4 Å². The minimum absolute atomic E-state index is 0.419. The number of nitrogens with one attached hydrogen (secondary N) is 1. The van der Waals surface area contributed by atoms with Gasteiger partial charge in [0.2, 0.25) is 0 Å². The summed E-state index contributed by atoms with van der Waals surface area (Å²) in [6, 6.07) is 4.10. The molecule has 1 atom stereocenters. The first-order chi connectivity index (χ1) is 9.24. The van der Waals surface area contributed by atoms with Gasteiger partial charge in [-0.1, -0.05) is 6.07 Å². The van der Waals surface area contributed by atoms with Crippen molar-refractivity contribution in [1.82, 2.24) is 4.98 Å². The van der Waals surface area contributed by atoms with Crippen molar-refractivity contribution < 1.29 is 9.90 Å². The number of nitrogens with zero attached hydrogens (tertiary/aromatic N) is 1. The zero-order chi connectivity index (χ0) is 13.2. The van der Waals surface area contributed by atoms with Crippen LogP contribution in [0.4, 0.5) is 5.13 Å². The largest absolute Gasteiger partial charge is 0.481 e. The fourth-order valence-electron chi connectivity index (χ4n) is 2.31. The molecule has 0 amide bonds. The molecule has 6 heteroatoms. The maximum absolute atomic E-state index is 11.2. The zero-order valence-electron chi connectivity index (χ0n) is 10.3. The van der Waals surface area contributed by atoms with Gasteiger partial charge in [-0.15, -0.1) is 22.7 Å². The Morgan fingerprint density at radius 2 is 2.47 bits per heavy atom. The van der Waals surface area contributed by atoms with Crippen LogP contribution in [0.25, 0.3) is 0 Å². The number of fused-ring (bicyclic) bond motifs is 1. The van der Waals surface area contributed by atoms with E-state index in [1.54, 1.807) is 22.7 Å². The van der Waals surface area contributed by atoms with E-state index in [9.17, 15) is 9.90 Å². The first-order valence-corrected chi connectivity index (χ1v) is 7.92. The average molecular weight is 294 g/mol. The summed E-state index contributed by atoms with van der Waals surface area (Å²) >= 11 is 3.30. The maximum Gasteiger partial charge on any atom is 0.312 e. The number of aromatic nitrogens is 1. The van der Waals surface area contributed by atoms with Gasteiger partial charge in [0, 0.05) is 9.75 Å². The molecule has 1 unspecified atom stereocenters. The molecule has 0 bridgehead atoms. The Bertz CT molecular complexity index is 577. The molecule has 4 nitrogen and oxygen atoms in total. The van der Waals surface area contributed by atoms with E-state index in [4.69, 9.17) is 0 Å². The van der Waals surface area contributed by atoms with Crippen molar-refractivity contribution in [3.63, 3.8) is 0 Å². The van der Waals surface area contributed by atoms with E-state index in [2.05, 4.69) is 16.4 Å². The lowest BCUT2D eigenvalue weighted by atomic mass is 9.91. The van der Waals surface area contributed by atoms with E-state index in [0.29, 0.717) is 6.42 Å². The summed E-state index contributed by atoms with van der Waals surface area (Å²) in [5.41, 5.74) is 0.775. The molecule has 0 aromatic carbocycles. The van der Waals surface area contributed by atoms with E-state index in [1.165, 1.54) is 4.88 Å². The smallest absolute Gasteiger partial charge is 0.312 e. The predicted molar refractivity (Wildman–Crippen MR) is 77.1 cm³/mol. The molecule has 0 fully saturated rings. The summed E-state index contributed by atoms with van der Waals surface area (Å²) in [4.78, 5) is 18.1. The monoisotopic (exact) mass is 294 g/mol. The Labute approximate surface area is 119 Å². The maximum atomic E-state index is 11.2. The van der Waals surface area contributed by atoms with Gasteiger partial charge in [-0.3, -0.25) is 4.79 Å². The first-order valence-electron chi connectivity index (χ1n) is 6.22. The van der Waals surface area contributed by atoms with Gasteiger partial charge in [0.15, 0.2) is 5.13 Å². The van der Waals surface area contributed by atoms with Crippen LogP contribution in [0.15, 0.2) is 17.5 Å². The first kappa shape index (κ1) is 12.6. The normalized spacial score (nSPS) is 18.0. The number of anilines is 1. The van der Waals surface area contributed by atoms with Crippen molar-refractivity contribution >= 4 is 33.8 Å². The lowest BCUT2D eigenvalue weighted by molar-refractivity contribution is -0.139. The van der Waals surface area contributed by atoms with E-state index < -0.39 is 11.9 Å². The molecule has 0 saturated carbocycles. The molecular formula is C13H14N2O2S2. The van der Waals surface area contributed by atoms with Crippen molar-refractivity contribution in [1.29, 1.82) is 0 Å². The van der Waals surface area contributed by atoms with Gasteiger partial charge in [0.05, 0.1) is 12.2 Å². The molecule has 0 saturated heterocycles. The van der Waals surface area contributed by atoms with Crippen LogP contribution >= 0.6 is 22.7 Å². The third-order valence-electron chi connectivity index (χ3n) is 3.25. The second-order valence-electron chi connectivity index (χ2n) is 4.54. The highest BCUT2D eigenvalue weighted by Crippen LogP contribution is 2.36. The second kappa shape index (κ2) is 5.30. The lowest BCUT2D eigenvalue weighted by Gasteiger charge is -2.16. The molecule has 0 aliphatic heterocycles. The molecule has 1 aliphatic rings. The van der Waals surface area contributed by atoms with E-state index >= 15 is 0 Å². The minimum atomic E-state index is -0.754. The van der Waals surface area contributed by atoms with Gasteiger partial charge in [0.25, 0.3) is 0 Å². The van der Waals surface area contributed by atoms with Crippen molar-refractivity contribution in [2.45, 2.75) is 31.7 Å². The third-order valence-corrected chi connectivity index (χ3v) is 5.21. The summed E-state index contributed by atoms with van der Waals surface area (Å²) in [5.74, 6) is -1.17. The van der Waals surface area contributed by atoms with Gasteiger partial charge >= 0.3 is 5.97 Å². The van der Waals surface area contributed by atoms with Crippen LogP contribution in [-0.2, 0) is 17.8 Å². The third kappa shape index (κ3) is 2.64. The number of carbonyl (C=O) groups is 1. The molecule has 2 aromatic rings. The molecule has 2 heterocycles. The number of thiophene rings is 1. The van der Waals surface area contributed by atoms with E-state index in [1.807, 2.05) is 11.4 Å². The Balaban J connectivity index is 1.76. The molecule has 2 aromatic heterocycles. The van der Waals surface area contributed by atoms with Crippen LogP contribution in [0, 0.1) is 0 Å². The molecule has 100 valence electrons. The molecule has 0 radical (unpaired) electrons. The molecule has 2 N–H and O–H groups in total. The second-order valence-corrected chi connectivity index (χ2v) is 6.66. The van der Waals surface area contributed by atoms with Crippen LogP contribution in [0.2, 0.25) is 0 Å². The highest BCUT2D eigenvalue weighted by Gasteiger charge is 2.29. The summed E-state index contributed by atoms with van der Waals surface area (Å²) in [6.07, 6.45) is 2.60. The number of hydrogen-bond donors (Lipinski definition) is 2. The van der Waals surface area contributed by atoms with E-state index in [0.717, 1.165) is 35.1 Å². The van der Waals surface area contributed by atoms with Crippen molar-refractivity contribution in [2.75, 3.05) is 5.32 Å². The van der Waals surface area contributed by atoms with Crippen LogP contribution in [0.3, 0.4) is 0 Å². The van der Waals surface area contributed by atoms with Crippen molar-refractivity contribution in [2.24, 2.45) is 0 Å². The molecule has 0 spiro atoms. The number of carboxylic acid groups (broad SMARTS) is 1. The Morgan fingerprint density at radius 1 is 1.58 bits per heavy atom. The Kier molecular flexibility index (Phi) is 3.52. The molecule has 19 heavy (non-hydrogen) atoms. The highest BCUT2D eigenvalue weighted by atomic mass is 32.1. The summed E-state index contributed by atoms with van der Waals surface area (Å²) < 4.78 is 0. The van der Waals surface area contributed by atoms with Crippen LogP contribution in [-0.4, -0.2) is 16.1 Å². The summed E-state index contributed by atoms with van der Waals surface area (Å²) in [7, 11) is 0. The predicted octanol–water partition coefficient (Wildman–Crippen LogP) is 3.32.